The van der Waals surface area contributed by atoms with Crippen LogP contribution in [0, 0.1) is 5.92 Å². The fourth-order valence-corrected chi connectivity index (χ4v) is 4.90. The number of nitrogens with one attached hydrogen (secondary N) is 3. The van der Waals surface area contributed by atoms with E-state index in [0.717, 1.165) is 11.1 Å². The number of para-hydroxylation sites is 1. The molecule has 0 saturated carbocycles. The van der Waals surface area contributed by atoms with Crippen molar-refractivity contribution in [1.82, 2.24) is 16.0 Å². The molecule has 0 saturated heterocycles. The van der Waals surface area contributed by atoms with Crippen molar-refractivity contribution in [3.63, 3.8) is 0 Å². The Morgan fingerprint density at radius 3 is 1.96 bits per heavy atom. The summed E-state index contributed by atoms with van der Waals surface area (Å²) in [6.07, 6.45) is -1.61. The van der Waals surface area contributed by atoms with Crippen molar-refractivity contribution in [2.75, 3.05) is 6.54 Å². The lowest BCUT2D eigenvalue weighted by atomic mass is 9.99. The maximum absolute atomic E-state index is 13.5. The Labute approximate surface area is 280 Å². The second-order valence-electron chi connectivity index (χ2n) is 11.7. The van der Waals surface area contributed by atoms with Gasteiger partial charge in [0.25, 0.3) is 5.91 Å². The highest BCUT2D eigenvalue weighted by molar-refractivity contribution is 6.38. The molecule has 3 atom stereocenters. The third kappa shape index (κ3) is 11.4. The van der Waals surface area contributed by atoms with E-state index in [-0.39, 0.29) is 31.9 Å². The summed E-state index contributed by atoms with van der Waals surface area (Å²) >= 11 is 0. The smallest absolute Gasteiger partial charge is 0.408 e. The Morgan fingerprint density at radius 1 is 0.708 bits per heavy atom. The van der Waals surface area contributed by atoms with Crippen LogP contribution in [-0.2, 0) is 32.1 Å². The highest BCUT2D eigenvalue weighted by atomic mass is 16.5. The molecular formula is C38H41N3O7. The number of ketones is 1. The highest BCUT2D eigenvalue weighted by Crippen LogP contribution is 2.24. The van der Waals surface area contributed by atoms with Gasteiger partial charge in [-0.2, -0.15) is 0 Å². The Kier molecular flexibility index (Phi) is 13.3. The Balaban J connectivity index is 1.40. The minimum atomic E-state index is -1.24. The van der Waals surface area contributed by atoms with Crippen LogP contribution in [0.1, 0.15) is 43.1 Å². The highest BCUT2D eigenvalue weighted by Gasteiger charge is 2.31. The van der Waals surface area contributed by atoms with Crippen LogP contribution in [0.3, 0.4) is 0 Å². The number of rotatable bonds is 16. The second-order valence-corrected chi connectivity index (χ2v) is 11.7. The van der Waals surface area contributed by atoms with Crippen LogP contribution in [0.2, 0.25) is 0 Å². The Morgan fingerprint density at radius 2 is 1.31 bits per heavy atom. The van der Waals surface area contributed by atoms with E-state index in [1.54, 1.807) is 60.7 Å². The number of alkyl carbamates (subject to hydrolysis) is 1. The average Bonchev–Trinajstić information content (AvgIpc) is 3.10. The maximum Gasteiger partial charge on any atom is 0.408 e. The average molecular weight is 652 g/mol. The van der Waals surface area contributed by atoms with Crippen LogP contribution in [0.15, 0.2) is 115 Å². The molecule has 1 unspecified atom stereocenters. The predicted molar refractivity (Wildman–Crippen MR) is 181 cm³/mol. The molecule has 250 valence electrons. The summed E-state index contributed by atoms with van der Waals surface area (Å²) in [5.41, 5.74) is 1.98. The van der Waals surface area contributed by atoms with Gasteiger partial charge in [-0.15, -0.1) is 0 Å². The largest absolute Gasteiger partial charge is 0.457 e. The Bertz CT molecular complexity index is 1630. The first-order valence-corrected chi connectivity index (χ1v) is 15.8. The van der Waals surface area contributed by atoms with Crippen molar-refractivity contribution in [1.29, 1.82) is 0 Å². The first-order valence-electron chi connectivity index (χ1n) is 15.8. The molecule has 4 aromatic carbocycles. The normalized spacial score (nSPS) is 12.7. The quantitative estimate of drug-likeness (QED) is 0.121. The van der Waals surface area contributed by atoms with Gasteiger partial charge in [0.15, 0.2) is 0 Å². The van der Waals surface area contributed by atoms with E-state index in [0.29, 0.717) is 17.1 Å². The number of hydrogen-bond acceptors (Lipinski definition) is 7. The van der Waals surface area contributed by atoms with Gasteiger partial charge in [-0.3, -0.25) is 14.4 Å². The molecule has 48 heavy (non-hydrogen) atoms. The number of ether oxygens (including phenoxy) is 2. The number of amides is 3. The SMILES string of the molecule is CC(C)C[C@H](NC(=O)OCc1ccccc1)C(=O)N[C@@H](Cc1ccccc1)C(=O)C(=O)NCC(O)c1cccc(Oc2ccccc2)c1. The molecule has 0 fully saturated rings. The summed E-state index contributed by atoms with van der Waals surface area (Å²) in [5, 5.41) is 18.6. The van der Waals surface area contributed by atoms with Gasteiger partial charge in [0.05, 0.1) is 6.10 Å². The maximum atomic E-state index is 13.5. The minimum absolute atomic E-state index is 0.0137. The van der Waals surface area contributed by atoms with Gasteiger partial charge in [0.1, 0.15) is 30.2 Å². The summed E-state index contributed by atoms with van der Waals surface area (Å²) in [4.78, 5) is 52.7. The van der Waals surface area contributed by atoms with E-state index in [2.05, 4.69) is 16.0 Å². The molecule has 10 heteroatoms. The van der Waals surface area contributed by atoms with Crippen molar-refractivity contribution < 1.29 is 33.8 Å². The van der Waals surface area contributed by atoms with Gasteiger partial charge in [-0.1, -0.05) is 105 Å². The minimum Gasteiger partial charge on any atom is -0.457 e. The van der Waals surface area contributed by atoms with Crippen LogP contribution in [0.5, 0.6) is 11.5 Å². The van der Waals surface area contributed by atoms with E-state index in [4.69, 9.17) is 9.47 Å². The molecule has 0 bridgehead atoms. The molecule has 0 aromatic heterocycles. The van der Waals surface area contributed by atoms with Crippen molar-refractivity contribution in [3.8, 4) is 11.5 Å². The number of hydrogen-bond donors (Lipinski definition) is 4. The molecule has 0 heterocycles. The molecule has 0 aliphatic heterocycles. The number of Topliss-reactive ketones (excluding diaryl/α,β-unsaturated/α-hetero) is 1. The third-order valence-corrected chi connectivity index (χ3v) is 7.35. The lowest BCUT2D eigenvalue weighted by Gasteiger charge is -2.24. The van der Waals surface area contributed by atoms with Crippen molar-refractivity contribution in [3.05, 3.63) is 132 Å². The van der Waals surface area contributed by atoms with Crippen LogP contribution in [0.25, 0.3) is 0 Å². The van der Waals surface area contributed by atoms with Crippen LogP contribution in [0.4, 0.5) is 4.79 Å². The van der Waals surface area contributed by atoms with Gasteiger partial charge in [0, 0.05) is 13.0 Å². The summed E-state index contributed by atoms with van der Waals surface area (Å²) in [5.74, 6) is -1.35. The first-order chi connectivity index (χ1) is 23.2. The molecule has 4 N–H and O–H groups in total. The van der Waals surface area contributed by atoms with Gasteiger partial charge in [-0.25, -0.2) is 4.79 Å². The van der Waals surface area contributed by atoms with Gasteiger partial charge >= 0.3 is 6.09 Å². The van der Waals surface area contributed by atoms with E-state index < -0.39 is 41.9 Å². The van der Waals surface area contributed by atoms with E-state index in [9.17, 15) is 24.3 Å². The molecule has 0 spiro atoms. The second kappa shape index (κ2) is 18.0. The van der Waals surface area contributed by atoms with Gasteiger partial charge in [0.2, 0.25) is 11.7 Å². The lowest BCUT2D eigenvalue weighted by molar-refractivity contribution is -0.140. The van der Waals surface area contributed by atoms with E-state index in [1.807, 2.05) is 68.4 Å². The van der Waals surface area contributed by atoms with Crippen molar-refractivity contribution in [2.45, 2.75) is 51.5 Å². The van der Waals surface area contributed by atoms with Crippen LogP contribution >= 0.6 is 0 Å². The topological polar surface area (TPSA) is 143 Å². The van der Waals surface area contributed by atoms with Crippen LogP contribution in [-0.4, -0.2) is 47.4 Å². The van der Waals surface area contributed by atoms with E-state index in [1.165, 1.54) is 0 Å². The molecule has 4 aromatic rings. The number of carbonyl (C=O) groups is 4. The molecule has 4 rings (SSSR count). The van der Waals surface area contributed by atoms with Crippen molar-refractivity contribution in [2.24, 2.45) is 5.92 Å². The zero-order chi connectivity index (χ0) is 34.3. The third-order valence-electron chi connectivity index (χ3n) is 7.35. The molecule has 0 aliphatic rings. The molecule has 0 radical (unpaired) electrons. The zero-order valence-corrected chi connectivity index (χ0v) is 27.0. The monoisotopic (exact) mass is 651 g/mol. The number of carbonyl (C=O) groups excluding carboxylic acids is 4. The predicted octanol–water partition coefficient (Wildman–Crippen LogP) is 5.27. The van der Waals surface area contributed by atoms with E-state index >= 15 is 0 Å². The molecule has 0 aliphatic carbocycles. The fraction of sp³-hybridized carbons (Fsp3) is 0.263. The molecular weight excluding hydrogens is 610 g/mol. The summed E-state index contributed by atoms with van der Waals surface area (Å²) in [7, 11) is 0. The van der Waals surface area contributed by atoms with Gasteiger partial charge in [-0.05, 0) is 53.3 Å². The summed E-state index contributed by atoms with van der Waals surface area (Å²) < 4.78 is 11.1. The number of benzene rings is 4. The van der Waals surface area contributed by atoms with Crippen molar-refractivity contribution >= 4 is 23.7 Å². The molecule has 10 nitrogen and oxygen atoms in total. The lowest BCUT2D eigenvalue weighted by Crippen LogP contribution is -2.55. The standard InChI is InChI=1S/C38H41N3O7/c1-26(2)21-33(41-38(46)47-25-28-15-8-4-9-16-28)36(44)40-32(22-27-13-6-3-7-14-27)35(43)37(45)39-24-34(42)29-17-12-20-31(23-29)48-30-18-10-5-11-19-30/h3-20,23,26,32-34,42H,21-22,24-25H2,1-2H3,(H,39,45)(H,40,44)(H,41,46)/t32-,33-,34?/m0/s1. The summed E-state index contributed by atoms with van der Waals surface area (Å²) in [6.45, 7) is 3.56. The summed E-state index contributed by atoms with van der Waals surface area (Å²) in [6, 6.07) is 31.8. The number of aliphatic hydroxyl groups excluding tert-OH is 1. The first kappa shape index (κ1) is 35.4. The molecule has 3 amide bonds. The van der Waals surface area contributed by atoms with Crippen LogP contribution < -0.4 is 20.7 Å². The number of aliphatic hydroxyl groups is 1. The Hall–Kier alpha value is -5.48. The zero-order valence-electron chi connectivity index (χ0n) is 27.0. The fourth-order valence-electron chi connectivity index (χ4n) is 4.90. The van der Waals surface area contributed by atoms with Gasteiger partial charge < -0.3 is 30.5 Å².